The van der Waals surface area contributed by atoms with Crippen LogP contribution in [0.1, 0.15) is 11.1 Å². The van der Waals surface area contributed by atoms with Crippen molar-refractivity contribution >= 4 is 31.7 Å². The zero-order chi connectivity index (χ0) is 20.4. The van der Waals surface area contributed by atoms with Gasteiger partial charge in [0.2, 0.25) is 20.7 Å². The van der Waals surface area contributed by atoms with Gasteiger partial charge >= 0.3 is 0 Å². The number of nitrogens with one attached hydrogen (secondary N) is 1. The van der Waals surface area contributed by atoms with E-state index in [-0.39, 0.29) is 21.7 Å². The highest BCUT2D eigenvalue weighted by atomic mass is 79.9. The molecule has 0 atom stereocenters. The normalized spacial score (nSPS) is 11.5. The molecule has 8 heteroatoms. The van der Waals surface area contributed by atoms with Crippen LogP contribution in [0.4, 0.5) is 5.88 Å². The number of hydrogen-bond acceptors (Lipinski definition) is 6. The molecule has 0 saturated heterocycles. The van der Waals surface area contributed by atoms with Crippen molar-refractivity contribution in [1.82, 2.24) is 4.98 Å². The Hall–Kier alpha value is -2.84. The van der Waals surface area contributed by atoms with Crippen LogP contribution in [-0.4, -0.2) is 13.4 Å². The van der Waals surface area contributed by atoms with E-state index < -0.39 is 9.84 Å². The van der Waals surface area contributed by atoms with Crippen molar-refractivity contribution in [3.63, 3.8) is 0 Å². The molecule has 0 amide bonds. The molecular weight excluding hydrogens is 456 g/mol. The van der Waals surface area contributed by atoms with Crippen LogP contribution in [0, 0.1) is 6.92 Å². The molecule has 0 saturated carbocycles. The fourth-order valence-corrected chi connectivity index (χ4v) is 4.26. The summed E-state index contributed by atoms with van der Waals surface area (Å²) in [6.45, 7) is 2.39. The first kappa shape index (κ1) is 19.5. The standard InChI is InChI=1S/C21H17BrN2O4S/c1-14-4-6-15(7-5-14)13-23-20-21(24-19(28-20)18-3-2-12-27-18)29(25,26)17-10-8-16(22)9-11-17/h2-12,23H,13H2,1H3. The first-order chi connectivity index (χ1) is 13.9. The Labute approximate surface area is 176 Å². The average molecular weight is 473 g/mol. The molecule has 4 rings (SSSR count). The third kappa shape index (κ3) is 4.13. The fourth-order valence-electron chi connectivity index (χ4n) is 2.72. The van der Waals surface area contributed by atoms with Gasteiger partial charge in [-0.05, 0) is 48.9 Å². The van der Waals surface area contributed by atoms with Gasteiger partial charge in [0.1, 0.15) is 0 Å². The van der Waals surface area contributed by atoms with Crippen LogP contribution in [0.15, 0.2) is 90.2 Å². The van der Waals surface area contributed by atoms with Gasteiger partial charge in [0.25, 0.3) is 5.89 Å². The van der Waals surface area contributed by atoms with Crippen molar-refractivity contribution in [3.8, 4) is 11.7 Å². The highest BCUT2D eigenvalue weighted by Crippen LogP contribution is 2.33. The van der Waals surface area contributed by atoms with Crippen LogP contribution in [0.3, 0.4) is 0 Å². The Morgan fingerprint density at radius 3 is 2.41 bits per heavy atom. The van der Waals surface area contributed by atoms with Crippen LogP contribution in [0.2, 0.25) is 0 Å². The number of aromatic nitrogens is 1. The number of anilines is 1. The van der Waals surface area contributed by atoms with Crippen LogP contribution in [-0.2, 0) is 16.4 Å². The summed E-state index contributed by atoms with van der Waals surface area (Å²) in [6.07, 6.45) is 1.47. The Morgan fingerprint density at radius 1 is 1.03 bits per heavy atom. The number of furan rings is 1. The number of halogens is 1. The van der Waals surface area contributed by atoms with Crippen LogP contribution in [0.5, 0.6) is 0 Å². The molecule has 0 spiro atoms. The molecule has 0 unspecified atom stereocenters. The highest BCUT2D eigenvalue weighted by molar-refractivity contribution is 9.10. The maximum atomic E-state index is 13.2. The zero-order valence-electron chi connectivity index (χ0n) is 15.4. The van der Waals surface area contributed by atoms with E-state index >= 15 is 0 Å². The molecule has 2 heterocycles. The average Bonchev–Trinajstić information content (AvgIpc) is 3.38. The first-order valence-electron chi connectivity index (χ1n) is 8.78. The second kappa shape index (κ2) is 7.88. The predicted octanol–water partition coefficient (Wildman–Crippen LogP) is 5.45. The van der Waals surface area contributed by atoms with Gasteiger partial charge in [-0.2, -0.15) is 4.98 Å². The smallest absolute Gasteiger partial charge is 0.266 e. The van der Waals surface area contributed by atoms with Crippen molar-refractivity contribution < 1.29 is 17.3 Å². The number of hydrogen-bond donors (Lipinski definition) is 1. The lowest BCUT2D eigenvalue weighted by atomic mass is 10.1. The summed E-state index contributed by atoms with van der Waals surface area (Å²) in [6, 6.07) is 17.6. The van der Waals surface area contributed by atoms with E-state index in [9.17, 15) is 8.42 Å². The molecule has 4 aromatic rings. The molecule has 0 bridgehead atoms. The molecule has 0 aliphatic heterocycles. The lowest BCUT2D eigenvalue weighted by Gasteiger charge is -2.07. The number of nitrogens with zero attached hydrogens (tertiary/aromatic N) is 1. The Bertz CT molecular complexity index is 1210. The van der Waals surface area contributed by atoms with E-state index in [4.69, 9.17) is 8.83 Å². The number of benzene rings is 2. The van der Waals surface area contributed by atoms with Gasteiger partial charge in [-0.3, -0.25) is 0 Å². The van der Waals surface area contributed by atoms with E-state index in [2.05, 4.69) is 26.2 Å². The largest absolute Gasteiger partial charge is 0.459 e. The minimum Gasteiger partial charge on any atom is -0.459 e. The molecule has 2 aromatic carbocycles. The van der Waals surface area contributed by atoms with E-state index in [0.717, 1.165) is 15.6 Å². The monoisotopic (exact) mass is 472 g/mol. The quantitative estimate of drug-likeness (QED) is 0.401. The summed E-state index contributed by atoms with van der Waals surface area (Å²) in [5.74, 6) is 0.512. The first-order valence-corrected chi connectivity index (χ1v) is 11.1. The van der Waals surface area contributed by atoms with Gasteiger partial charge in [-0.1, -0.05) is 45.8 Å². The second-order valence-corrected chi connectivity index (χ2v) is 9.21. The Kier molecular flexibility index (Phi) is 5.29. The topological polar surface area (TPSA) is 85.3 Å². The maximum Gasteiger partial charge on any atom is 0.266 e. The summed E-state index contributed by atoms with van der Waals surface area (Å²) in [5.41, 5.74) is 2.13. The number of aryl methyl sites for hydroxylation is 1. The number of oxazole rings is 1. The van der Waals surface area contributed by atoms with Crippen LogP contribution in [0.25, 0.3) is 11.7 Å². The second-order valence-electron chi connectivity index (χ2n) is 6.43. The van der Waals surface area contributed by atoms with Crippen LogP contribution >= 0.6 is 15.9 Å². The van der Waals surface area contributed by atoms with E-state index in [0.29, 0.717) is 12.3 Å². The van der Waals surface area contributed by atoms with E-state index in [1.807, 2.05) is 31.2 Å². The summed E-state index contributed by atoms with van der Waals surface area (Å²) >= 11 is 3.32. The minimum atomic E-state index is -3.90. The summed E-state index contributed by atoms with van der Waals surface area (Å²) in [4.78, 5) is 4.35. The minimum absolute atomic E-state index is 0.0693. The van der Waals surface area contributed by atoms with Gasteiger partial charge in [-0.25, -0.2) is 8.42 Å². The molecule has 1 N–H and O–H groups in total. The summed E-state index contributed by atoms with van der Waals surface area (Å²) in [7, 11) is -3.90. The maximum absolute atomic E-state index is 13.2. The molecule has 6 nitrogen and oxygen atoms in total. The van der Waals surface area contributed by atoms with Crippen molar-refractivity contribution in [2.45, 2.75) is 23.4 Å². The molecule has 2 aromatic heterocycles. The lowest BCUT2D eigenvalue weighted by Crippen LogP contribution is -2.07. The third-order valence-electron chi connectivity index (χ3n) is 4.28. The summed E-state index contributed by atoms with van der Waals surface area (Å²) in [5, 5.41) is 2.88. The number of sulfone groups is 1. The molecule has 148 valence electrons. The zero-order valence-corrected chi connectivity index (χ0v) is 17.8. The summed E-state index contributed by atoms with van der Waals surface area (Å²) < 4.78 is 38.2. The van der Waals surface area contributed by atoms with E-state index in [1.165, 1.54) is 18.4 Å². The van der Waals surface area contributed by atoms with Gasteiger partial charge in [-0.15, -0.1) is 0 Å². The van der Waals surface area contributed by atoms with Crippen LogP contribution < -0.4 is 5.32 Å². The number of rotatable bonds is 6. The predicted molar refractivity (Wildman–Crippen MR) is 112 cm³/mol. The van der Waals surface area contributed by atoms with Gasteiger partial charge in [0.05, 0.1) is 11.2 Å². The highest BCUT2D eigenvalue weighted by Gasteiger charge is 2.29. The third-order valence-corrected chi connectivity index (χ3v) is 6.49. The molecular formula is C21H17BrN2O4S. The molecule has 0 fully saturated rings. The van der Waals surface area contributed by atoms with Gasteiger partial charge < -0.3 is 14.2 Å². The molecule has 29 heavy (non-hydrogen) atoms. The molecule has 0 radical (unpaired) electrons. The Morgan fingerprint density at radius 2 is 1.76 bits per heavy atom. The fraction of sp³-hybridized carbons (Fsp3) is 0.0952. The van der Waals surface area contributed by atoms with Crippen molar-refractivity contribution in [2.75, 3.05) is 5.32 Å². The van der Waals surface area contributed by atoms with Crippen molar-refractivity contribution in [3.05, 3.63) is 82.5 Å². The van der Waals surface area contributed by atoms with Gasteiger partial charge in [0, 0.05) is 11.0 Å². The van der Waals surface area contributed by atoms with Gasteiger partial charge in [0.15, 0.2) is 5.76 Å². The molecule has 0 aliphatic rings. The lowest BCUT2D eigenvalue weighted by molar-refractivity contribution is 0.522. The Balaban J connectivity index is 1.73. The molecule has 0 aliphatic carbocycles. The van der Waals surface area contributed by atoms with Crippen molar-refractivity contribution in [2.24, 2.45) is 0 Å². The van der Waals surface area contributed by atoms with E-state index in [1.54, 1.807) is 24.3 Å². The van der Waals surface area contributed by atoms with Crippen molar-refractivity contribution in [1.29, 1.82) is 0 Å². The SMILES string of the molecule is Cc1ccc(CNc2oc(-c3ccco3)nc2S(=O)(=O)c2ccc(Br)cc2)cc1.